The van der Waals surface area contributed by atoms with Gasteiger partial charge in [0, 0.05) is 31.6 Å². The van der Waals surface area contributed by atoms with Crippen LogP contribution in [0.5, 0.6) is 0 Å². The van der Waals surface area contributed by atoms with E-state index in [-0.39, 0.29) is 5.82 Å². The van der Waals surface area contributed by atoms with Crippen molar-refractivity contribution in [2.75, 3.05) is 0 Å². The fourth-order valence-electron chi connectivity index (χ4n) is 1.58. The van der Waals surface area contributed by atoms with E-state index in [9.17, 15) is 18.3 Å². The molecule has 17 heavy (non-hydrogen) atoms. The number of imidazole rings is 1. The fraction of sp³-hybridized carbons (Fsp3) is 0.182. The highest BCUT2D eigenvalue weighted by Crippen LogP contribution is 2.26. The Morgan fingerprint density at radius 3 is 2.29 bits per heavy atom. The number of aryl methyl sites for hydroxylation is 1. The van der Waals surface area contributed by atoms with Gasteiger partial charge in [-0.2, -0.15) is 0 Å². The number of hydrogen-bond acceptors (Lipinski definition) is 2. The molecule has 1 N–H and O–H groups in total. The van der Waals surface area contributed by atoms with Crippen LogP contribution in [0.15, 0.2) is 24.5 Å². The molecule has 0 amide bonds. The largest absolute Gasteiger partial charge is 0.380 e. The van der Waals surface area contributed by atoms with Crippen LogP contribution < -0.4 is 0 Å². The lowest BCUT2D eigenvalue weighted by Crippen LogP contribution is -2.11. The number of rotatable bonds is 2. The van der Waals surface area contributed by atoms with Gasteiger partial charge in [-0.15, -0.1) is 0 Å². The average molecular weight is 242 g/mol. The van der Waals surface area contributed by atoms with Crippen molar-refractivity contribution in [1.29, 1.82) is 0 Å². The molecule has 0 spiro atoms. The monoisotopic (exact) mass is 242 g/mol. The van der Waals surface area contributed by atoms with Gasteiger partial charge in [-0.05, 0) is 0 Å². The summed E-state index contributed by atoms with van der Waals surface area (Å²) in [6.45, 7) is 0. The second kappa shape index (κ2) is 4.21. The van der Waals surface area contributed by atoms with E-state index in [2.05, 4.69) is 4.98 Å². The van der Waals surface area contributed by atoms with Crippen LogP contribution in [0.1, 0.15) is 17.5 Å². The Hall–Kier alpha value is -1.82. The molecule has 1 heterocycles. The van der Waals surface area contributed by atoms with Crippen LogP contribution in [0.25, 0.3) is 0 Å². The van der Waals surface area contributed by atoms with Crippen molar-refractivity contribution < 1.29 is 18.3 Å². The highest BCUT2D eigenvalue weighted by atomic mass is 19.1. The second-order valence-corrected chi connectivity index (χ2v) is 3.58. The van der Waals surface area contributed by atoms with Crippen LogP contribution in [0.2, 0.25) is 0 Å². The van der Waals surface area contributed by atoms with Crippen LogP contribution in [0.3, 0.4) is 0 Å². The molecule has 0 radical (unpaired) electrons. The Bertz CT molecular complexity index is 530. The highest BCUT2D eigenvalue weighted by Gasteiger charge is 2.23. The predicted octanol–water partition coefficient (Wildman–Crippen LogP) is 1.92. The zero-order valence-electron chi connectivity index (χ0n) is 8.86. The third kappa shape index (κ3) is 2.03. The smallest absolute Gasteiger partial charge is 0.142 e. The molecule has 0 saturated heterocycles. The number of aliphatic hydroxyl groups is 1. The number of aliphatic hydroxyl groups excluding tert-OH is 1. The van der Waals surface area contributed by atoms with Gasteiger partial charge in [0.1, 0.15) is 29.4 Å². The van der Waals surface area contributed by atoms with Crippen LogP contribution in [-0.4, -0.2) is 14.7 Å². The maximum absolute atomic E-state index is 13.4. The molecule has 0 aliphatic carbocycles. The first kappa shape index (κ1) is 11.7. The molecule has 0 aliphatic heterocycles. The summed E-state index contributed by atoms with van der Waals surface area (Å²) < 4.78 is 41.0. The van der Waals surface area contributed by atoms with E-state index < -0.39 is 29.1 Å². The maximum Gasteiger partial charge on any atom is 0.142 e. The number of hydrogen-bond donors (Lipinski definition) is 1. The van der Waals surface area contributed by atoms with E-state index in [4.69, 9.17) is 0 Å². The zero-order chi connectivity index (χ0) is 12.6. The normalized spacial score (nSPS) is 12.8. The van der Waals surface area contributed by atoms with Crippen molar-refractivity contribution in [3.63, 3.8) is 0 Å². The summed E-state index contributed by atoms with van der Waals surface area (Å²) in [6, 6.07) is 1.04. The molecule has 1 atom stereocenters. The lowest BCUT2D eigenvalue weighted by Gasteiger charge is -2.12. The summed E-state index contributed by atoms with van der Waals surface area (Å²) in [7, 11) is 1.57. The first-order valence-corrected chi connectivity index (χ1v) is 4.80. The van der Waals surface area contributed by atoms with Crippen molar-refractivity contribution >= 4 is 0 Å². The summed E-state index contributed by atoms with van der Waals surface area (Å²) in [4.78, 5) is 3.78. The van der Waals surface area contributed by atoms with Gasteiger partial charge in [-0.3, -0.25) is 0 Å². The third-order valence-corrected chi connectivity index (χ3v) is 2.42. The number of halogens is 3. The Morgan fingerprint density at radius 2 is 1.82 bits per heavy atom. The summed E-state index contributed by atoms with van der Waals surface area (Å²) in [6.07, 6.45) is 1.34. The lowest BCUT2D eigenvalue weighted by molar-refractivity contribution is 0.195. The van der Waals surface area contributed by atoms with Gasteiger partial charge in [-0.25, -0.2) is 18.2 Å². The summed E-state index contributed by atoms with van der Waals surface area (Å²) in [5.74, 6) is -3.24. The minimum atomic E-state index is -1.57. The van der Waals surface area contributed by atoms with Gasteiger partial charge in [0.05, 0.1) is 5.56 Å². The molecule has 90 valence electrons. The molecule has 6 heteroatoms. The van der Waals surface area contributed by atoms with E-state index >= 15 is 0 Å². The van der Waals surface area contributed by atoms with Gasteiger partial charge in [-0.1, -0.05) is 0 Å². The predicted molar refractivity (Wildman–Crippen MR) is 53.6 cm³/mol. The second-order valence-electron chi connectivity index (χ2n) is 3.58. The van der Waals surface area contributed by atoms with Crippen LogP contribution in [0, 0.1) is 17.5 Å². The molecule has 1 aromatic heterocycles. The average Bonchev–Trinajstić information content (AvgIpc) is 2.62. The zero-order valence-corrected chi connectivity index (χ0v) is 8.86. The Kier molecular flexibility index (Phi) is 2.89. The first-order valence-electron chi connectivity index (χ1n) is 4.80. The summed E-state index contributed by atoms with van der Waals surface area (Å²) in [5.41, 5.74) is -0.610. The van der Waals surface area contributed by atoms with Gasteiger partial charge >= 0.3 is 0 Å². The Balaban J connectivity index is 2.51. The molecular weight excluding hydrogens is 233 g/mol. The van der Waals surface area contributed by atoms with E-state index in [1.165, 1.54) is 17.0 Å². The van der Waals surface area contributed by atoms with Crippen LogP contribution in [-0.2, 0) is 7.05 Å². The number of aromatic nitrogens is 2. The third-order valence-electron chi connectivity index (χ3n) is 2.42. The van der Waals surface area contributed by atoms with Gasteiger partial charge in [0.15, 0.2) is 0 Å². The topological polar surface area (TPSA) is 38.0 Å². The van der Waals surface area contributed by atoms with Crippen molar-refractivity contribution in [2.45, 2.75) is 6.10 Å². The molecule has 0 fully saturated rings. The molecule has 0 aliphatic rings. The van der Waals surface area contributed by atoms with Crippen molar-refractivity contribution in [3.8, 4) is 0 Å². The molecule has 3 nitrogen and oxygen atoms in total. The molecule has 2 aromatic rings. The Labute approximate surface area is 95.1 Å². The summed E-state index contributed by atoms with van der Waals surface area (Å²) in [5, 5.41) is 9.83. The first-order chi connectivity index (χ1) is 8.00. The van der Waals surface area contributed by atoms with E-state index in [0.717, 1.165) is 0 Å². The fourth-order valence-corrected chi connectivity index (χ4v) is 1.58. The quantitative estimate of drug-likeness (QED) is 0.873. The minimum Gasteiger partial charge on any atom is -0.380 e. The van der Waals surface area contributed by atoms with Crippen molar-refractivity contribution in [1.82, 2.24) is 9.55 Å². The molecule has 0 bridgehead atoms. The van der Waals surface area contributed by atoms with Gasteiger partial charge < -0.3 is 9.67 Å². The molecule has 0 saturated carbocycles. The van der Waals surface area contributed by atoms with Gasteiger partial charge in [0.25, 0.3) is 0 Å². The maximum atomic E-state index is 13.4. The molecule has 1 aromatic carbocycles. The van der Waals surface area contributed by atoms with Crippen molar-refractivity contribution in [3.05, 3.63) is 53.4 Å². The lowest BCUT2D eigenvalue weighted by atomic mass is 10.1. The SMILES string of the molecule is Cn1ccnc1C(O)c1c(F)cc(F)cc1F. The Morgan fingerprint density at radius 1 is 1.24 bits per heavy atom. The van der Waals surface area contributed by atoms with Crippen LogP contribution >= 0.6 is 0 Å². The van der Waals surface area contributed by atoms with Gasteiger partial charge in [0.2, 0.25) is 0 Å². The standard InChI is InChI=1S/C11H9F3N2O/c1-16-3-2-15-11(16)10(17)9-7(13)4-6(12)5-8(9)14/h2-5,10,17H,1H3. The molecule has 1 unspecified atom stereocenters. The van der Waals surface area contributed by atoms with E-state index in [0.29, 0.717) is 12.1 Å². The summed E-state index contributed by atoms with van der Waals surface area (Å²) >= 11 is 0. The molecular formula is C11H9F3N2O. The van der Waals surface area contributed by atoms with E-state index in [1.807, 2.05) is 0 Å². The van der Waals surface area contributed by atoms with Crippen molar-refractivity contribution in [2.24, 2.45) is 7.05 Å². The number of nitrogens with zero attached hydrogens (tertiary/aromatic N) is 2. The molecule has 2 rings (SSSR count). The van der Waals surface area contributed by atoms with E-state index in [1.54, 1.807) is 7.05 Å². The van der Waals surface area contributed by atoms with Crippen LogP contribution in [0.4, 0.5) is 13.2 Å². The minimum absolute atomic E-state index is 0.0782. The number of benzene rings is 1. The highest BCUT2D eigenvalue weighted by molar-refractivity contribution is 5.27.